The van der Waals surface area contributed by atoms with Crippen LogP contribution in [-0.4, -0.2) is 40.3 Å². The highest BCUT2D eigenvalue weighted by Crippen LogP contribution is 2.30. The largest absolute Gasteiger partial charge is 0.467 e. The molecule has 0 fully saturated rings. The molecule has 4 nitrogen and oxygen atoms in total. The molecule has 0 rings (SSSR count). The second kappa shape index (κ2) is 8.67. The van der Waals surface area contributed by atoms with Gasteiger partial charge in [-0.2, -0.15) is 0 Å². The number of methoxy groups -OCH3 is 1. The van der Waals surface area contributed by atoms with Crippen molar-refractivity contribution in [3.8, 4) is 0 Å². The normalized spacial score (nSPS) is 13.4. The third-order valence-electron chi connectivity index (χ3n) is 2.44. The van der Waals surface area contributed by atoms with Crippen LogP contribution in [0.1, 0.15) is 26.7 Å². The van der Waals surface area contributed by atoms with Crippen LogP contribution < -0.4 is 0 Å². The maximum Gasteiger partial charge on any atom is 0.328 e. The molecule has 1 atom stereocenters. The van der Waals surface area contributed by atoms with Crippen molar-refractivity contribution in [1.29, 1.82) is 0 Å². The van der Waals surface area contributed by atoms with Gasteiger partial charge >= 0.3 is 5.97 Å². The number of carbonyl (C=O) groups is 2. The summed E-state index contributed by atoms with van der Waals surface area (Å²) in [5, 5.41) is 0. The van der Waals surface area contributed by atoms with Crippen LogP contribution in [0.25, 0.3) is 0 Å². The molecule has 0 aliphatic rings. The number of esters is 1. The lowest BCUT2D eigenvalue weighted by Crippen LogP contribution is -2.49. The molecule has 0 bridgehead atoms. The summed E-state index contributed by atoms with van der Waals surface area (Å²) in [6, 6.07) is -0.769. The maximum absolute atomic E-state index is 12.1. The van der Waals surface area contributed by atoms with Gasteiger partial charge in [-0.15, -0.1) is 0 Å². The molecule has 0 radical (unpaired) electrons. The number of halogens is 3. The van der Waals surface area contributed by atoms with Crippen molar-refractivity contribution in [2.75, 3.05) is 13.7 Å². The van der Waals surface area contributed by atoms with Crippen LogP contribution >= 0.6 is 34.8 Å². The van der Waals surface area contributed by atoms with Crippen LogP contribution in [0, 0.1) is 0 Å². The van der Waals surface area contributed by atoms with Gasteiger partial charge in [-0.3, -0.25) is 4.79 Å². The molecule has 110 valence electrons. The second-order valence-corrected chi connectivity index (χ2v) is 6.06. The average molecular weight is 331 g/mol. The maximum atomic E-state index is 12.1. The molecule has 19 heavy (non-hydrogen) atoms. The topological polar surface area (TPSA) is 46.6 Å². The van der Waals surface area contributed by atoms with Crippen LogP contribution in [0.3, 0.4) is 0 Å². The SMILES string of the molecule is CC/C=C/CN(C(=O)C(Cl)(Cl)Cl)[C@@H](CC)C(=O)OC. The van der Waals surface area contributed by atoms with E-state index in [9.17, 15) is 9.59 Å². The fourth-order valence-electron chi connectivity index (χ4n) is 1.52. The van der Waals surface area contributed by atoms with Crippen LogP contribution in [-0.2, 0) is 14.3 Å². The number of allylic oxidation sites excluding steroid dienone is 1. The fraction of sp³-hybridized carbons (Fsp3) is 0.667. The van der Waals surface area contributed by atoms with E-state index in [1.54, 1.807) is 13.0 Å². The number of amides is 1. The van der Waals surface area contributed by atoms with Crippen molar-refractivity contribution in [3.05, 3.63) is 12.2 Å². The highest BCUT2D eigenvalue weighted by atomic mass is 35.6. The number of alkyl halides is 3. The van der Waals surface area contributed by atoms with E-state index < -0.39 is 21.7 Å². The van der Waals surface area contributed by atoms with Crippen LogP contribution in [0.15, 0.2) is 12.2 Å². The Morgan fingerprint density at radius 2 is 1.84 bits per heavy atom. The average Bonchev–Trinajstić information content (AvgIpc) is 2.35. The number of ether oxygens (including phenoxy) is 1. The summed E-state index contributed by atoms with van der Waals surface area (Å²) < 4.78 is 2.57. The first-order chi connectivity index (χ1) is 8.79. The third kappa shape index (κ3) is 6.02. The van der Waals surface area contributed by atoms with Crippen molar-refractivity contribution < 1.29 is 14.3 Å². The molecule has 0 aromatic heterocycles. The molecule has 0 heterocycles. The van der Waals surface area contributed by atoms with Crippen molar-refractivity contribution in [3.63, 3.8) is 0 Å². The van der Waals surface area contributed by atoms with Gasteiger partial charge in [0.15, 0.2) is 0 Å². The van der Waals surface area contributed by atoms with Crippen LogP contribution in [0.5, 0.6) is 0 Å². The highest BCUT2D eigenvalue weighted by Gasteiger charge is 2.39. The van der Waals surface area contributed by atoms with E-state index in [0.29, 0.717) is 6.42 Å². The molecular formula is C12H18Cl3NO3. The number of hydrogen-bond acceptors (Lipinski definition) is 3. The summed E-state index contributed by atoms with van der Waals surface area (Å²) in [7, 11) is 1.25. The zero-order chi connectivity index (χ0) is 15.1. The first-order valence-corrected chi connectivity index (χ1v) is 7.03. The van der Waals surface area contributed by atoms with Crippen molar-refractivity contribution in [2.45, 2.75) is 36.5 Å². The van der Waals surface area contributed by atoms with Gasteiger partial charge in [0.05, 0.1) is 7.11 Å². The molecule has 0 saturated heterocycles. The van der Waals surface area contributed by atoms with Crippen LogP contribution in [0.4, 0.5) is 0 Å². The molecule has 1 amide bonds. The number of nitrogens with zero attached hydrogens (tertiary/aromatic N) is 1. The molecule has 7 heteroatoms. The first-order valence-electron chi connectivity index (χ1n) is 5.90. The van der Waals surface area contributed by atoms with E-state index in [4.69, 9.17) is 34.8 Å². The molecule has 0 aromatic carbocycles. The zero-order valence-corrected chi connectivity index (χ0v) is 13.4. The third-order valence-corrected chi connectivity index (χ3v) is 2.93. The van der Waals surface area contributed by atoms with E-state index in [0.717, 1.165) is 6.42 Å². The Bertz CT molecular complexity index is 340. The van der Waals surface area contributed by atoms with Crippen molar-refractivity contribution >= 4 is 46.7 Å². The molecule has 0 aliphatic heterocycles. The van der Waals surface area contributed by atoms with Crippen molar-refractivity contribution in [2.24, 2.45) is 0 Å². The minimum Gasteiger partial charge on any atom is -0.467 e. The second-order valence-electron chi connectivity index (χ2n) is 3.78. The Labute approximate surface area is 128 Å². The molecule has 0 spiro atoms. The quantitative estimate of drug-likeness (QED) is 0.427. The standard InChI is InChI=1S/C12H18Cl3NO3/c1-4-6-7-8-16(11(18)12(13,14)15)9(5-2)10(17)19-3/h6-7,9H,4-5,8H2,1-3H3/b7-6+/t9-/m0/s1. The van der Waals surface area contributed by atoms with Gasteiger partial charge in [-0.1, -0.05) is 60.8 Å². The van der Waals surface area contributed by atoms with Gasteiger partial charge in [0.1, 0.15) is 6.04 Å². The summed E-state index contributed by atoms with van der Waals surface area (Å²) in [5.74, 6) is -1.27. The summed E-state index contributed by atoms with van der Waals surface area (Å²) in [6.45, 7) is 3.90. The minimum absolute atomic E-state index is 0.189. The summed E-state index contributed by atoms with van der Waals surface area (Å²) >= 11 is 16.8. The van der Waals surface area contributed by atoms with E-state index in [1.807, 2.05) is 13.0 Å². The molecule has 0 N–H and O–H groups in total. The Balaban J connectivity index is 5.19. The minimum atomic E-state index is -2.10. The summed E-state index contributed by atoms with van der Waals surface area (Å²) in [4.78, 5) is 25.0. The highest BCUT2D eigenvalue weighted by molar-refractivity contribution is 6.76. The van der Waals surface area contributed by atoms with Crippen molar-refractivity contribution in [1.82, 2.24) is 4.90 Å². The lowest BCUT2D eigenvalue weighted by molar-refractivity contribution is -0.152. The first kappa shape index (κ1) is 18.6. The van der Waals surface area contributed by atoms with Gasteiger partial charge in [-0.25, -0.2) is 4.79 Å². The van der Waals surface area contributed by atoms with Gasteiger partial charge in [0.25, 0.3) is 9.70 Å². The van der Waals surface area contributed by atoms with Gasteiger partial charge in [-0.05, 0) is 12.8 Å². The Hall–Kier alpha value is -0.450. The zero-order valence-electron chi connectivity index (χ0n) is 11.2. The lowest BCUT2D eigenvalue weighted by Gasteiger charge is -2.30. The number of carbonyl (C=O) groups excluding carboxylic acids is 2. The Morgan fingerprint density at radius 1 is 1.26 bits per heavy atom. The number of rotatable bonds is 6. The Morgan fingerprint density at radius 3 is 2.21 bits per heavy atom. The van der Waals surface area contributed by atoms with E-state index >= 15 is 0 Å². The molecule has 0 unspecified atom stereocenters. The molecular weight excluding hydrogens is 312 g/mol. The predicted molar refractivity (Wildman–Crippen MR) is 77.5 cm³/mol. The van der Waals surface area contributed by atoms with Gasteiger partial charge in [0.2, 0.25) is 0 Å². The van der Waals surface area contributed by atoms with Gasteiger partial charge in [0, 0.05) is 6.54 Å². The predicted octanol–water partition coefficient (Wildman–Crippen LogP) is 3.10. The van der Waals surface area contributed by atoms with E-state index in [2.05, 4.69) is 4.74 Å². The van der Waals surface area contributed by atoms with E-state index in [-0.39, 0.29) is 6.54 Å². The smallest absolute Gasteiger partial charge is 0.328 e. The Kier molecular flexibility index (Phi) is 8.46. The van der Waals surface area contributed by atoms with Gasteiger partial charge < -0.3 is 9.64 Å². The summed E-state index contributed by atoms with van der Waals surface area (Å²) in [5.41, 5.74) is 0. The summed E-state index contributed by atoms with van der Waals surface area (Å²) in [6.07, 6.45) is 4.80. The number of hydrogen-bond donors (Lipinski definition) is 0. The fourth-order valence-corrected chi connectivity index (χ4v) is 1.85. The monoisotopic (exact) mass is 329 g/mol. The van der Waals surface area contributed by atoms with E-state index in [1.165, 1.54) is 12.0 Å². The molecule has 0 saturated carbocycles. The molecule has 0 aliphatic carbocycles. The van der Waals surface area contributed by atoms with Crippen LogP contribution in [0.2, 0.25) is 0 Å². The lowest BCUT2D eigenvalue weighted by atomic mass is 10.2. The molecule has 0 aromatic rings.